The minimum absolute atomic E-state index is 0.0209. The van der Waals surface area contributed by atoms with Crippen LogP contribution in [0.2, 0.25) is 0 Å². The van der Waals surface area contributed by atoms with Crippen LogP contribution < -0.4 is 20.5 Å². The molecule has 0 radical (unpaired) electrons. The lowest BCUT2D eigenvalue weighted by Crippen LogP contribution is -2.36. The number of amides is 3. The van der Waals surface area contributed by atoms with Crippen LogP contribution in [-0.2, 0) is 46.9 Å². The number of hydrogen-bond donors (Lipinski definition) is 3. The third-order valence-electron chi connectivity index (χ3n) is 6.07. The Balaban J connectivity index is 1.35. The molecule has 2 aromatic rings. The second kappa shape index (κ2) is 7.34. The Morgan fingerprint density at radius 1 is 1.29 bits per heavy atom. The number of anilines is 1. The van der Waals surface area contributed by atoms with E-state index < -0.39 is 15.9 Å². The molecule has 2 unspecified atom stereocenters. The fraction of sp³-hybridized carbons (Fsp3) is 0.450. The molecule has 2 aliphatic carbocycles. The van der Waals surface area contributed by atoms with E-state index in [2.05, 4.69) is 26.2 Å². The van der Waals surface area contributed by atoms with E-state index in [0.29, 0.717) is 19.7 Å². The van der Waals surface area contributed by atoms with Crippen molar-refractivity contribution in [3.63, 3.8) is 0 Å². The maximum absolute atomic E-state index is 13.1. The van der Waals surface area contributed by atoms with Crippen molar-refractivity contribution < 1.29 is 18.5 Å². The summed E-state index contributed by atoms with van der Waals surface area (Å²) in [6, 6.07) is 1.48. The number of carbonyl (C=O) groups is 2. The Labute approximate surface area is 179 Å². The molecule has 10 nitrogen and oxygen atoms in total. The fourth-order valence-electron chi connectivity index (χ4n) is 4.26. The topological polar surface area (TPSA) is 141 Å². The minimum Gasteiger partial charge on any atom is -0.476 e. The van der Waals surface area contributed by atoms with Gasteiger partial charge in [0.1, 0.15) is 4.90 Å². The van der Waals surface area contributed by atoms with Gasteiger partial charge in [-0.05, 0) is 47.9 Å². The molecule has 31 heavy (non-hydrogen) atoms. The summed E-state index contributed by atoms with van der Waals surface area (Å²) in [4.78, 5) is 23.8. The quantitative estimate of drug-likeness (QED) is 0.649. The number of carbonyl (C=O) groups excluding carboxylic acids is 2. The highest BCUT2D eigenvalue weighted by molar-refractivity contribution is 7.91. The van der Waals surface area contributed by atoms with E-state index in [1.54, 1.807) is 0 Å². The van der Waals surface area contributed by atoms with E-state index in [1.165, 1.54) is 28.9 Å². The average molecular weight is 445 g/mol. The Kier molecular flexibility index (Phi) is 4.74. The number of urea groups is 1. The van der Waals surface area contributed by atoms with Crippen molar-refractivity contribution in [3.05, 3.63) is 34.5 Å². The van der Waals surface area contributed by atoms with Crippen molar-refractivity contribution in [1.29, 1.82) is 0 Å². The van der Waals surface area contributed by atoms with Gasteiger partial charge in [-0.1, -0.05) is 6.07 Å². The first-order valence-corrected chi connectivity index (χ1v) is 11.8. The number of nitrogens with two attached hydrogens (primary N) is 1. The molecular formula is C20H24N6O4S. The van der Waals surface area contributed by atoms with Crippen LogP contribution in [-0.4, -0.2) is 39.1 Å². The average Bonchev–Trinajstić information content (AvgIpc) is 3.07. The van der Waals surface area contributed by atoms with Crippen molar-refractivity contribution in [2.75, 3.05) is 18.5 Å². The first kappa shape index (κ1) is 20.0. The van der Waals surface area contributed by atoms with Gasteiger partial charge in [0.2, 0.25) is 11.8 Å². The molecule has 2 atom stereocenters. The Bertz CT molecular complexity index is 1200. The van der Waals surface area contributed by atoms with Crippen LogP contribution in [0.25, 0.3) is 0 Å². The number of ether oxygens (including phenoxy) is 1. The number of benzene rings is 1. The van der Waals surface area contributed by atoms with Gasteiger partial charge in [-0.15, -0.1) is 4.36 Å². The van der Waals surface area contributed by atoms with Gasteiger partial charge in [0.15, 0.2) is 9.92 Å². The predicted molar refractivity (Wildman–Crippen MR) is 113 cm³/mol. The molecule has 0 bridgehead atoms. The SMILES string of the molecule is CC(=O)NCC1COc2c(S(N)(=O)=NC(=O)Nc3c4c(cc5c3CC5)CC4)cnn2C1. The van der Waals surface area contributed by atoms with Crippen LogP contribution in [0.1, 0.15) is 29.2 Å². The van der Waals surface area contributed by atoms with E-state index >= 15 is 0 Å². The van der Waals surface area contributed by atoms with Gasteiger partial charge in [-0.25, -0.2) is 18.8 Å². The minimum atomic E-state index is -3.55. The summed E-state index contributed by atoms with van der Waals surface area (Å²) in [6.45, 7) is 2.68. The largest absolute Gasteiger partial charge is 0.476 e. The van der Waals surface area contributed by atoms with Crippen molar-refractivity contribution in [2.24, 2.45) is 15.4 Å². The fourth-order valence-corrected chi connectivity index (χ4v) is 5.27. The Hall–Kier alpha value is -2.92. The summed E-state index contributed by atoms with van der Waals surface area (Å²) < 4.78 is 24.1. The van der Waals surface area contributed by atoms with Crippen LogP contribution in [0, 0.1) is 5.92 Å². The lowest BCUT2D eigenvalue weighted by molar-refractivity contribution is -0.119. The van der Waals surface area contributed by atoms with Gasteiger partial charge in [0.25, 0.3) is 0 Å². The number of aryl methyl sites for hydroxylation is 2. The molecule has 3 amide bonds. The molecule has 0 saturated heterocycles. The normalized spacial score (nSPS) is 19.9. The van der Waals surface area contributed by atoms with Crippen molar-refractivity contribution in [1.82, 2.24) is 15.1 Å². The maximum Gasteiger partial charge on any atom is 0.354 e. The molecule has 2 heterocycles. The zero-order chi connectivity index (χ0) is 21.8. The molecule has 1 aromatic carbocycles. The lowest BCUT2D eigenvalue weighted by atomic mass is 9.76. The molecular weight excluding hydrogens is 420 g/mol. The highest BCUT2D eigenvalue weighted by atomic mass is 32.2. The van der Waals surface area contributed by atoms with Gasteiger partial charge >= 0.3 is 6.03 Å². The first-order valence-electron chi connectivity index (χ1n) is 10.3. The monoisotopic (exact) mass is 444 g/mol. The number of nitrogens with zero attached hydrogens (tertiary/aromatic N) is 3. The van der Waals surface area contributed by atoms with E-state index in [0.717, 1.165) is 42.5 Å². The van der Waals surface area contributed by atoms with Crippen LogP contribution in [0.15, 0.2) is 21.5 Å². The molecule has 3 aliphatic rings. The lowest BCUT2D eigenvalue weighted by Gasteiger charge is -2.31. The van der Waals surface area contributed by atoms with Crippen molar-refractivity contribution >= 4 is 27.5 Å². The maximum atomic E-state index is 13.1. The number of nitrogens with one attached hydrogen (secondary N) is 2. The third-order valence-corrected chi connectivity index (χ3v) is 7.41. The highest BCUT2D eigenvalue weighted by Gasteiger charge is 2.30. The molecule has 1 aromatic heterocycles. The van der Waals surface area contributed by atoms with E-state index in [9.17, 15) is 13.8 Å². The van der Waals surface area contributed by atoms with E-state index in [4.69, 9.17) is 9.88 Å². The predicted octanol–water partition coefficient (Wildman–Crippen LogP) is 1.16. The molecule has 0 spiro atoms. The Morgan fingerprint density at radius 2 is 2.00 bits per heavy atom. The summed E-state index contributed by atoms with van der Waals surface area (Å²) >= 11 is 0. The van der Waals surface area contributed by atoms with Crippen LogP contribution in [0.4, 0.5) is 10.5 Å². The second-order valence-electron chi connectivity index (χ2n) is 8.23. The van der Waals surface area contributed by atoms with Crippen LogP contribution in [0.3, 0.4) is 0 Å². The van der Waals surface area contributed by atoms with Gasteiger partial charge in [-0.2, -0.15) is 5.10 Å². The van der Waals surface area contributed by atoms with Crippen molar-refractivity contribution in [3.8, 4) is 5.88 Å². The molecule has 4 N–H and O–H groups in total. The molecule has 5 rings (SSSR count). The number of fused-ring (bicyclic) bond motifs is 3. The molecule has 0 fully saturated rings. The molecule has 11 heteroatoms. The van der Waals surface area contributed by atoms with Gasteiger partial charge in [-0.3, -0.25) is 4.79 Å². The summed E-state index contributed by atoms with van der Waals surface area (Å²) in [7, 11) is -3.55. The first-order chi connectivity index (χ1) is 14.8. The second-order valence-corrected chi connectivity index (χ2v) is 9.99. The smallest absolute Gasteiger partial charge is 0.354 e. The zero-order valence-corrected chi connectivity index (χ0v) is 18.0. The van der Waals surface area contributed by atoms with Crippen LogP contribution >= 0.6 is 0 Å². The van der Waals surface area contributed by atoms with Crippen LogP contribution in [0.5, 0.6) is 5.88 Å². The molecule has 1 aliphatic heterocycles. The van der Waals surface area contributed by atoms with Gasteiger partial charge < -0.3 is 15.4 Å². The summed E-state index contributed by atoms with van der Waals surface area (Å²) in [5, 5.41) is 15.7. The number of rotatable bonds is 4. The summed E-state index contributed by atoms with van der Waals surface area (Å²) in [6.07, 6.45) is 5.19. The van der Waals surface area contributed by atoms with Gasteiger partial charge in [0.05, 0.1) is 19.3 Å². The molecule has 164 valence electrons. The summed E-state index contributed by atoms with van der Waals surface area (Å²) in [5.41, 5.74) is 5.61. The van der Waals surface area contributed by atoms with E-state index in [-0.39, 0.29) is 22.6 Å². The Morgan fingerprint density at radius 3 is 2.61 bits per heavy atom. The number of hydrogen-bond acceptors (Lipinski definition) is 5. The third kappa shape index (κ3) is 3.57. The summed E-state index contributed by atoms with van der Waals surface area (Å²) in [5.74, 6) is 0.147. The van der Waals surface area contributed by atoms with Crippen molar-refractivity contribution in [2.45, 2.75) is 44.0 Å². The van der Waals surface area contributed by atoms with Gasteiger partial charge in [0, 0.05) is 25.1 Å². The van der Waals surface area contributed by atoms with E-state index in [1.807, 2.05) is 0 Å². The highest BCUT2D eigenvalue weighted by Crippen LogP contribution is 2.40. The zero-order valence-electron chi connectivity index (χ0n) is 17.1. The number of aromatic nitrogens is 2. The molecule has 0 saturated carbocycles. The standard InChI is InChI=1S/C20H24N6O4S/c1-11(27)22-7-12-9-26-19(30-10-12)17(8-23-26)31(21,29)25-20(28)24-18-15-4-2-13(15)6-14-3-5-16(14)18/h6,8,12H,2-5,7,9-10H2,1H3,(H,22,27)(H3,21,24,25,28,29).